The Balaban J connectivity index is 2.99. The van der Waals surface area contributed by atoms with Gasteiger partial charge in [0, 0.05) is 24.4 Å². The first kappa shape index (κ1) is 15.4. The number of nitro groups is 1. The van der Waals surface area contributed by atoms with Crippen LogP contribution in [0.15, 0.2) is 18.2 Å². The number of halogens is 1. The molecule has 1 aromatic rings. The van der Waals surface area contributed by atoms with Crippen LogP contribution in [0, 0.1) is 21.3 Å². The van der Waals surface area contributed by atoms with E-state index in [1.807, 2.05) is 20.8 Å². The molecule has 1 aromatic carbocycles. The Morgan fingerprint density at radius 3 is 2.53 bits per heavy atom. The minimum Gasteiger partial charge on any atom is -0.396 e. The minimum atomic E-state index is -0.659. The summed E-state index contributed by atoms with van der Waals surface area (Å²) in [4.78, 5) is 10.1. The van der Waals surface area contributed by atoms with Crippen molar-refractivity contribution in [1.29, 1.82) is 0 Å². The van der Waals surface area contributed by atoms with Crippen molar-refractivity contribution in [3.8, 4) is 0 Å². The first-order valence-electron chi connectivity index (χ1n) is 6.06. The molecule has 0 aromatic heterocycles. The number of benzene rings is 1. The van der Waals surface area contributed by atoms with Crippen LogP contribution in [0.3, 0.4) is 0 Å². The van der Waals surface area contributed by atoms with Crippen molar-refractivity contribution >= 4 is 11.4 Å². The molecule has 1 atom stereocenters. The van der Waals surface area contributed by atoms with Gasteiger partial charge < -0.3 is 10.4 Å². The van der Waals surface area contributed by atoms with Gasteiger partial charge in [-0.25, -0.2) is 4.39 Å². The number of nitrogens with zero attached hydrogens (tertiary/aromatic N) is 1. The third-order valence-corrected chi connectivity index (χ3v) is 2.90. The molecule has 0 aliphatic carbocycles. The van der Waals surface area contributed by atoms with Crippen LogP contribution in [-0.2, 0) is 0 Å². The van der Waals surface area contributed by atoms with Gasteiger partial charge in [0.1, 0.15) is 5.82 Å². The van der Waals surface area contributed by atoms with Gasteiger partial charge in [-0.3, -0.25) is 10.1 Å². The van der Waals surface area contributed by atoms with Gasteiger partial charge in [-0.15, -0.1) is 0 Å². The van der Waals surface area contributed by atoms with Crippen molar-refractivity contribution in [3.63, 3.8) is 0 Å². The highest BCUT2D eigenvalue weighted by Gasteiger charge is 2.24. The molecule has 106 valence electrons. The lowest BCUT2D eigenvalue weighted by Crippen LogP contribution is -2.34. The second-order valence-corrected chi connectivity index (χ2v) is 5.53. The quantitative estimate of drug-likeness (QED) is 0.637. The largest absolute Gasteiger partial charge is 0.396 e. The van der Waals surface area contributed by atoms with Crippen LogP contribution in [0.1, 0.15) is 27.2 Å². The van der Waals surface area contributed by atoms with E-state index in [-0.39, 0.29) is 23.8 Å². The number of nitro benzene ring substituents is 1. The second kappa shape index (κ2) is 5.97. The van der Waals surface area contributed by atoms with Crippen LogP contribution < -0.4 is 5.32 Å². The first-order valence-corrected chi connectivity index (χ1v) is 6.06. The zero-order valence-electron chi connectivity index (χ0n) is 11.3. The fourth-order valence-corrected chi connectivity index (χ4v) is 1.81. The van der Waals surface area contributed by atoms with Crippen LogP contribution >= 0.6 is 0 Å². The van der Waals surface area contributed by atoms with Gasteiger partial charge in [0.2, 0.25) is 0 Å². The van der Waals surface area contributed by atoms with E-state index in [1.165, 1.54) is 12.1 Å². The molecule has 2 N–H and O–H groups in total. The Hall–Kier alpha value is -1.69. The lowest BCUT2D eigenvalue weighted by atomic mass is 9.85. The van der Waals surface area contributed by atoms with Crippen molar-refractivity contribution in [2.24, 2.45) is 5.41 Å². The van der Waals surface area contributed by atoms with Crippen molar-refractivity contribution < 1.29 is 14.4 Å². The number of aliphatic hydroxyl groups excluding tert-OH is 1. The van der Waals surface area contributed by atoms with Crippen molar-refractivity contribution in [3.05, 3.63) is 34.1 Å². The fourth-order valence-electron chi connectivity index (χ4n) is 1.81. The number of rotatable bonds is 5. The lowest BCUT2D eigenvalue weighted by Gasteiger charge is -2.32. The summed E-state index contributed by atoms with van der Waals surface area (Å²) in [5, 5.41) is 22.8. The Kier molecular flexibility index (Phi) is 4.83. The number of hydrogen-bond donors (Lipinski definition) is 2. The number of anilines is 1. The molecular formula is C13H19FN2O3. The van der Waals surface area contributed by atoms with E-state index >= 15 is 0 Å². The maximum atomic E-state index is 13.3. The van der Waals surface area contributed by atoms with Crippen LogP contribution in [0.5, 0.6) is 0 Å². The van der Waals surface area contributed by atoms with Gasteiger partial charge in [0.05, 0.1) is 11.0 Å². The standard InChI is InChI=1S/C13H19FN2O3/c1-13(2,3)12(4-5-17)15-10-6-9(14)7-11(8-10)16(18)19/h6-8,12,15,17H,4-5H2,1-3H3. The number of non-ortho nitro benzene ring substituents is 1. The smallest absolute Gasteiger partial charge is 0.274 e. The average Bonchev–Trinajstić information content (AvgIpc) is 2.26. The maximum Gasteiger partial charge on any atom is 0.274 e. The molecule has 0 aliphatic rings. The van der Waals surface area contributed by atoms with E-state index in [4.69, 9.17) is 5.11 Å². The predicted octanol–water partition coefficient (Wildman–Crippen LogP) is 2.94. The van der Waals surface area contributed by atoms with E-state index in [0.29, 0.717) is 12.1 Å². The molecule has 0 fully saturated rings. The molecular weight excluding hydrogens is 251 g/mol. The first-order chi connectivity index (χ1) is 8.74. The highest BCUT2D eigenvalue weighted by molar-refractivity contribution is 5.52. The molecule has 6 heteroatoms. The van der Waals surface area contributed by atoms with Gasteiger partial charge in [-0.05, 0) is 17.9 Å². The minimum absolute atomic E-state index is 0.00759. The Morgan fingerprint density at radius 1 is 1.42 bits per heavy atom. The van der Waals surface area contributed by atoms with Crippen LogP contribution in [0.25, 0.3) is 0 Å². The van der Waals surface area contributed by atoms with Gasteiger partial charge >= 0.3 is 0 Å². The van der Waals surface area contributed by atoms with Gasteiger partial charge in [-0.1, -0.05) is 20.8 Å². The molecule has 0 aliphatic heterocycles. The number of hydrogen-bond acceptors (Lipinski definition) is 4. The molecule has 19 heavy (non-hydrogen) atoms. The monoisotopic (exact) mass is 270 g/mol. The topological polar surface area (TPSA) is 75.4 Å². The van der Waals surface area contributed by atoms with E-state index in [2.05, 4.69) is 5.32 Å². The molecule has 1 unspecified atom stereocenters. The van der Waals surface area contributed by atoms with E-state index < -0.39 is 10.7 Å². The SMILES string of the molecule is CC(C)(C)C(CCO)Nc1cc(F)cc([N+](=O)[O-])c1. The highest BCUT2D eigenvalue weighted by Crippen LogP contribution is 2.27. The molecule has 0 saturated heterocycles. The maximum absolute atomic E-state index is 13.3. The lowest BCUT2D eigenvalue weighted by molar-refractivity contribution is -0.385. The van der Waals surface area contributed by atoms with Gasteiger partial charge in [-0.2, -0.15) is 0 Å². The highest BCUT2D eigenvalue weighted by atomic mass is 19.1. The molecule has 0 amide bonds. The summed E-state index contributed by atoms with van der Waals surface area (Å²) in [7, 11) is 0. The van der Waals surface area contributed by atoms with Gasteiger partial charge in [0.15, 0.2) is 0 Å². The molecule has 1 rings (SSSR count). The van der Waals surface area contributed by atoms with Crippen molar-refractivity contribution in [2.45, 2.75) is 33.2 Å². The fraction of sp³-hybridized carbons (Fsp3) is 0.538. The summed E-state index contributed by atoms with van der Waals surface area (Å²) in [6, 6.07) is 3.27. The van der Waals surface area contributed by atoms with Crippen molar-refractivity contribution in [1.82, 2.24) is 0 Å². The summed E-state index contributed by atoms with van der Waals surface area (Å²) in [6.07, 6.45) is 0.480. The molecule has 0 heterocycles. The Labute approximate surface area is 111 Å². The summed E-state index contributed by atoms with van der Waals surface area (Å²) in [5.74, 6) is -0.659. The zero-order valence-corrected chi connectivity index (χ0v) is 11.3. The number of nitrogens with one attached hydrogen (secondary N) is 1. The summed E-state index contributed by atoms with van der Waals surface area (Å²) in [6.45, 7) is 5.93. The second-order valence-electron chi connectivity index (χ2n) is 5.53. The molecule has 0 spiro atoms. The normalized spacial score (nSPS) is 13.1. The predicted molar refractivity (Wildman–Crippen MR) is 71.6 cm³/mol. The zero-order chi connectivity index (χ0) is 14.6. The third-order valence-electron chi connectivity index (χ3n) is 2.90. The van der Waals surface area contributed by atoms with Crippen LogP contribution in [0.2, 0.25) is 0 Å². The summed E-state index contributed by atoms with van der Waals surface area (Å²) < 4.78 is 13.3. The molecule has 0 bridgehead atoms. The van der Waals surface area contributed by atoms with Crippen LogP contribution in [0.4, 0.5) is 15.8 Å². The Morgan fingerprint density at radius 2 is 2.05 bits per heavy atom. The molecule has 0 saturated carbocycles. The summed E-state index contributed by atoms with van der Waals surface area (Å²) >= 11 is 0. The number of aliphatic hydroxyl groups is 1. The molecule has 5 nitrogen and oxygen atoms in total. The summed E-state index contributed by atoms with van der Waals surface area (Å²) in [5.41, 5.74) is -0.108. The van der Waals surface area contributed by atoms with Gasteiger partial charge in [0.25, 0.3) is 5.69 Å². The molecule has 0 radical (unpaired) electrons. The van der Waals surface area contributed by atoms with Crippen molar-refractivity contribution in [2.75, 3.05) is 11.9 Å². The van der Waals surface area contributed by atoms with Crippen LogP contribution in [-0.4, -0.2) is 22.7 Å². The average molecular weight is 270 g/mol. The Bertz CT molecular complexity index is 458. The van der Waals surface area contributed by atoms with E-state index in [1.54, 1.807) is 0 Å². The van der Waals surface area contributed by atoms with E-state index in [9.17, 15) is 14.5 Å². The van der Waals surface area contributed by atoms with E-state index in [0.717, 1.165) is 6.07 Å². The third kappa shape index (κ3) is 4.48.